The topological polar surface area (TPSA) is 48.0 Å². The second-order valence-corrected chi connectivity index (χ2v) is 4.43. The van der Waals surface area contributed by atoms with Gasteiger partial charge in [0.1, 0.15) is 0 Å². The van der Waals surface area contributed by atoms with Gasteiger partial charge in [-0.25, -0.2) is 0 Å². The van der Waals surface area contributed by atoms with Crippen molar-refractivity contribution in [3.63, 3.8) is 0 Å². The number of carbonyl (C=O) groups is 1. The highest BCUT2D eigenvalue weighted by molar-refractivity contribution is 6.30. The van der Waals surface area contributed by atoms with E-state index in [1.807, 2.05) is 18.5 Å². The number of nitrogens with zero attached hydrogens (tertiary/aromatic N) is 1. The molecule has 4 heteroatoms. The van der Waals surface area contributed by atoms with Gasteiger partial charge < -0.3 is 10.3 Å². The Labute approximate surface area is 105 Å². The molecule has 0 bridgehead atoms. The molecule has 1 heterocycles. The molecule has 3 nitrogen and oxygen atoms in total. The summed E-state index contributed by atoms with van der Waals surface area (Å²) in [7, 11) is 1.87. The Morgan fingerprint density at radius 3 is 2.35 bits per heavy atom. The van der Waals surface area contributed by atoms with E-state index in [0.29, 0.717) is 21.8 Å². The van der Waals surface area contributed by atoms with Crippen LogP contribution < -0.4 is 5.73 Å². The van der Waals surface area contributed by atoms with Crippen LogP contribution >= 0.6 is 11.6 Å². The summed E-state index contributed by atoms with van der Waals surface area (Å²) < 4.78 is 1.85. The molecular formula is C13H13ClN2O. The molecule has 2 rings (SSSR count). The van der Waals surface area contributed by atoms with Gasteiger partial charge in [0.25, 0.3) is 0 Å². The maximum atomic E-state index is 12.3. The standard InChI is InChI=1S/C13H13ClN2O/c1-8-12(11(15)7-16(8)2)13(17)9-3-5-10(14)6-4-9/h3-7H,15H2,1-2H3. The van der Waals surface area contributed by atoms with Crippen molar-refractivity contribution in [2.45, 2.75) is 6.92 Å². The zero-order valence-corrected chi connectivity index (χ0v) is 10.5. The van der Waals surface area contributed by atoms with Crippen molar-refractivity contribution in [1.29, 1.82) is 0 Å². The van der Waals surface area contributed by atoms with E-state index >= 15 is 0 Å². The van der Waals surface area contributed by atoms with Gasteiger partial charge in [-0.05, 0) is 31.2 Å². The first-order chi connectivity index (χ1) is 8.00. The van der Waals surface area contributed by atoms with Crippen LogP contribution in [0.5, 0.6) is 0 Å². The molecule has 2 aromatic rings. The number of nitrogen functional groups attached to an aromatic ring is 1. The normalized spacial score (nSPS) is 10.5. The van der Waals surface area contributed by atoms with Crippen LogP contribution in [0.2, 0.25) is 5.02 Å². The third kappa shape index (κ3) is 2.06. The molecule has 0 radical (unpaired) electrons. The first-order valence-corrected chi connectivity index (χ1v) is 5.60. The van der Waals surface area contributed by atoms with E-state index in [9.17, 15) is 4.79 Å². The van der Waals surface area contributed by atoms with E-state index in [1.165, 1.54) is 0 Å². The van der Waals surface area contributed by atoms with Gasteiger partial charge in [0, 0.05) is 29.5 Å². The monoisotopic (exact) mass is 248 g/mol. The van der Waals surface area contributed by atoms with Crippen molar-refractivity contribution in [2.24, 2.45) is 7.05 Å². The van der Waals surface area contributed by atoms with Crippen LogP contribution in [0.4, 0.5) is 5.69 Å². The molecule has 88 valence electrons. The molecule has 1 aromatic heterocycles. The highest BCUT2D eigenvalue weighted by Gasteiger charge is 2.17. The van der Waals surface area contributed by atoms with Gasteiger partial charge in [-0.15, -0.1) is 0 Å². The van der Waals surface area contributed by atoms with Crippen LogP contribution in [-0.2, 0) is 7.05 Å². The largest absolute Gasteiger partial charge is 0.397 e. The van der Waals surface area contributed by atoms with Crippen molar-refractivity contribution >= 4 is 23.1 Å². The lowest BCUT2D eigenvalue weighted by Crippen LogP contribution is -2.05. The Balaban J connectivity index is 2.47. The number of nitrogens with two attached hydrogens (primary N) is 1. The van der Waals surface area contributed by atoms with Crippen LogP contribution in [0, 0.1) is 6.92 Å². The predicted octanol–water partition coefficient (Wildman–Crippen LogP) is 2.80. The van der Waals surface area contributed by atoms with E-state index in [1.54, 1.807) is 30.5 Å². The Kier molecular flexibility index (Phi) is 2.94. The van der Waals surface area contributed by atoms with E-state index in [0.717, 1.165) is 5.69 Å². The highest BCUT2D eigenvalue weighted by Crippen LogP contribution is 2.22. The van der Waals surface area contributed by atoms with Gasteiger partial charge in [0.15, 0.2) is 5.78 Å². The van der Waals surface area contributed by atoms with Gasteiger partial charge in [-0.2, -0.15) is 0 Å². The third-order valence-electron chi connectivity index (χ3n) is 2.85. The number of ketones is 1. The molecule has 0 aliphatic carbocycles. The molecule has 0 saturated carbocycles. The number of carbonyl (C=O) groups excluding carboxylic acids is 1. The minimum absolute atomic E-state index is 0.0720. The number of anilines is 1. The summed E-state index contributed by atoms with van der Waals surface area (Å²) in [4.78, 5) is 12.3. The fourth-order valence-electron chi connectivity index (χ4n) is 1.80. The molecule has 0 aliphatic rings. The average Bonchev–Trinajstić information content (AvgIpc) is 2.53. The number of rotatable bonds is 2. The number of hydrogen-bond donors (Lipinski definition) is 1. The first kappa shape index (κ1) is 11.7. The molecular weight excluding hydrogens is 236 g/mol. The summed E-state index contributed by atoms with van der Waals surface area (Å²) >= 11 is 5.79. The number of halogens is 1. The minimum Gasteiger partial charge on any atom is -0.397 e. The molecule has 17 heavy (non-hydrogen) atoms. The summed E-state index contributed by atoms with van der Waals surface area (Å²) in [6.07, 6.45) is 1.75. The highest BCUT2D eigenvalue weighted by atomic mass is 35.5. The Morgan fingerprint density at radius 2 is 1.88 bits per heavy atom. The maximum Gasteiger partial charge on any atom is 0.196 e. The Bertz CT molecular complexity index is 570. The second kappa shape index (κ2) is 4.26. The fourth-order valence-corrected chi connectivity index (χ4v) is 1.92. The quantitative estimate of drug-likeness (QED) is 0.831. The zero-order chi connectivity index (χ0) is 12.6. The summed E-state index contributed by atoms with van der Waals surface area (Å²) in [5.74, 6) is -0.0720. The van der Waals surface area contributed by atoms with Crippen LogP contribution in [0.15, 0.2) is 30.5 Å². The molecule has 0 aliphatic heterocycles. The summed E-state index contributed by atoms with van der Waals surface area (Å²) in [5, 5.41) is 0.610. The Morgan fingerprint density at radius 1 is 1.29 bits per heavy atom. The van der Waals surface area contributed by atoms with Gasteiger partial charge >= 0.3 is 0 Å². The molecule has 0 fully saturated rings. The molecule has 1 aromatic carbocycles. The van der Waals surface area contributed by atoms with Crippen molar-refractivity contribution < 1.29 is 4.79 Å². The van der Waals surface area contributed by atoms with Gasteiger partial charge in [-0.1, -0.05) is 11.6 Å². The zero-order valence-electron chi connectivity index (χ0n) is 9.70. The van der Waals surface area contributed by atoms with Gasteiger partial charge in [0.2, 0.25) is 0 Å². The van der Waals surface area contributed by atoms with Crippen molar-refractivity contribution in [3.05, 3.63) is 52.3 Å². The molecule has 0 spiro atoms. The van der Waals surface area contributed by atoms with E-state index < -0.39 is 0 Å². The van der Waals surface area contributed by atoms with Crippen molar-refractivity contribution in [1.82, 2.24) is 4.57 Å². The van der Waals surface area contributed by atoms with E-state index in [2.05, 4.69) is 0 Å². The number of aryl methyl sites for hydroxylation is 1. The first-order valence-electron chi connectivity index (χ1n) is 5.22. The van der Waals surface area contributed by atoms with Crippen LogP contribution in [0.25, 0.3) is 0 Å². The van der Waals surface area contributed by atoms with E-state index in [-0.39, 0.29) is 5.78 Å². The lowest BCUT2D eigenvalue weighted by Gasteiger charge is -2.03. The molecule has 0 atom stereocenters. The number of aromatic nitrogens is 1. The van der Waals surface area contributed by atoms with Gasteiger partial charge in [-0.3, -0.25) is 4.79 Å². The third-order valence-corrected chi connectivity index (χ3v) is 3.10. The lowest BCUT2D eigenvalue weighted by atomic mass is 10.0. The summed E-state index contributed by atoms with van der Waals surface area (Å²) in [5.41, 5.74) is 8.37. The maximum absolute atomic E-state index is 12.3. The fraction of sp³-hybridized carbons (Fsp3) is 0.154. The molecule has 0 unspecified atom stereocenters. The van der Waals surface area contributed by atoms with Crippen LogP contribution in [-0.4, -0.2) is 10.4 Å². The SMILES string of the molecule is Cc1c(C(=O)c2ccc(Cl)cc2)c(N)cn1C. The van der Waals surface area contributed by atoms with Crippen LogP contribution in [0.3, 0.4) is 0 Å². The second-order valence-electron chi connectivity index (χ2n) is 3.99. The lowest BCUT2D eigenvalue weighted by molar-refractivity contribution is 0.103. The smallest absolute Gasteiger partial charge is 0.196 e. The number of hydrogen-bond acceptors (Lipinski definition) is 2. The minimum atomic E-state index is -0.0720. The molecule has 2 N–H and O–H groups in total. The van der Waals surface area contributed by atoms with Crippen molar-refractivity contribution in [3.8, 4) is 0 Å². The summed E-state index contributed by atoms with van der Waals surface area (Å²) in [6.45, 7) is 1.87. The van der Waals surface area contributed by atoms with E-state index in [4.69, 9.17) is 17.3 Å². The van der Waals surface area contributed by atoms with Crippen molar-refractivity contribution in [2.75, 3.05) is 5.73 Å². The number of benzene rings is 1. The summed E-state index contributed by atoms with van der Waals surface area (Å²) in [6, 6.07) is 6.81. The van der Waals surface area contributed by atoms with Crippen LogP contribution in [0.1, 0.15) is 21.6 Å². The molecule has 0 saturated heterocycles. The molecule has 0 amide bonds. The Hall–Kier alpha value is -1.74. The van der Waals surface area contributed by atoms with Gasteiger partial charge in [0.05, 0.1) is 11.3 Å². The average molecular weight is 249 g/mol. The predicted molar refractivity (Wildman–Crippen MR) is 69.4 cm³/mol.